The van der Waals surface area contributed by atoms with E-state index >= 15 is 0 Å². The maximum Gasteiger partial charge on any atom is 0.454 e. The molecule has 0 amide bonds. The second kappa shape index (κ2) is 4.24. The van der Waals surface area contributed by atoms with E-state index in [4.69, 9.17) is 9.31 Å². The van der Waals surface area contributed by atoms with Gasteiger partial charge >= 0.3 is 7.12 Å². The molecule has 0 unspecified atom stereocenters. The van der Waals surface area contributed by atoms with Crippen LogP contribution in [0.15, 0.2) is 0 Å². The van der Waals surface area contributed by atoms with Crippen molar-refractivity contribution in [2.75, 3.05) is 0 Å². The molecule has 0 saturated carbocycles. The van der Waals surface area contributed by atoms with Crippen molar-refractivity contribution >= 4 is 7.12 Å². The molecule has 0 aromatic heterocycles. The lowest BCUT2D eigenvalue weighted by atomic mass is 9.75. The molecule has 0 aliphatic carbocycles. The highest BCUT2D eigenvalue weighted by Gasteiger charge is 2.56. The van der Waals surface area contributed by atoms with E-state index < -0.39 is 0 Å². The molecular formula is C11H23BO2. The molecule has 1 rings (SSSR count). The van der Waals surface area contributed by atoms with Crippen LogP contribution in [0.1, 0.15) is 53.4 Å². The molecule has 1 aliphatic heterocycles. The molecule has 82 valence electrons. The van der Waals surface area contributed by atoms with Gasteiger partial charge in [0.25, 0.3) is 0 Å². The Morgan fingerprint density at radius 1 is 0.786 bits per heavy atom. The van der Waals surface area contributed by atoms with Crippen LogP contribution in [0.5, 0.6) is 0 Å². The molecule has 2 nitrogen and oxygen atoms in total. The van der Waals surface area contributed by atoms with Gasteiger partial charge in [0, 0.05) is 0 Å². The largest absolute Gasteiger partial charge is 0.454 e. The van der Waals surface area contributed by atoms with E-state index in [-0.39, 0.29) is 18.3 Å². The van der Waals surface area contributed by atoms with Crippen LogP contribution in [0, 0.1) is 0 Å². The second-order valence-electron chi connectivity index (χ2n) is 4.21. The average Bonchev–Trinajstić information content (AvgIpc) is 2.51. The molecule has 0 spiro atoms. The van der Waals surface area contributed by atoms with Gasteiger partial charge in [0.05, 0.1) is 11.2 Å². The fraction of sp³-hybridized carbons (Fsp3) is 1.00. The van der Waals surface area contributed by atoms with Gasteiger partial charge in [-0.05, 0) is 32.5 Å². The summed E-state index contributed by atoms with van der Waals surface area (Å²) in [7, 11) is -0.0465. The third kappa shape index (κ3) is 1.51. The van der Waals surface area contributed by atoms with Gasteiger partial charge in [0.15, 0.2) is 0 Å². The van der Waals surface area contributed by atoms with Crippen LogP contribution in [-0.2, 0) is 9.31 Å². The minimum Gasteiger partial charge on any atom is -0.403 e. The molecule has 0 radical (unpaired) electrons. The van der Waals surface area contributed by atoms with Crippen molar-refractivity contribution in [3.63, 3.8) is 0 Å². The molecule has 0 atom stereocenters. The third-order valence-corrected chi connectivity index (χ3v) is 3.90. The molecular weight excluding hydrogens is 175 g/mol. The molecule has 1 saturated heterocycles. The lowest BCUT2D eigenvalue weighted by molar-refractivity contribution is -0.0601. The average molecular weight is 198 g/mol. The number of hydrogen-bond acceptors (Lipinski definition) is 2. The molecule has 14 heavy (non-hydrogen) atoms. The minimum atomic E-state index is -0.0596. The van der Waals surface area contributed by atoms with E-state index in [1.165, 1.54) is 0 Å². The summed E-state index contributed by atoms with van der Waals surface area (Å²) in [6.07, 6.45) is 4.15. The predicted molar refractivity (Wildman–Crippen MR) is 60.4 cm³/mol. The van der Waals surface area contributed by atoms with Crippen LogP contribution < -0.4 is 0 Å². The fourth-order valence-electron chi connectivity index (χ4n) is 3.00. The zero-order valence-corrected chi connectivity index (χ0v) is 10.2. The zero-order chi connectivity index (χ0) is 10.8. The van der Waals surface area contributed by atoms with Crippen LogP contribution in [0.3, 0.4) is 0 Å². The Morgan fingerprint density at radius 3 is 1.29 bits per heavy atom. The summed E-state index contributed by atoms with van der Waals surface area (Å²) in [5.74, 6) is 0. The summed E-state index contributed by atoms with van der Waals surface area (Å²) in [4.78, 5) is 0. The van der Waals surface area contributed by atoms with Crippen LogP contribution >= 0.6 is 0 Å². The Balaban J connectivity index is 3.00. The first kappa shape index (κ1) is 12.1. The Morgan fingerprint density at radius 2 is 1.07 bits per heavy atom. The van der Waals surface area contributed by atoms with Gasteiger partial charge in [-0.25, -0.2) is 0 Å². The predicted octanol–water partition coefficient (Wildman–Crippen LogP) is 3.27. The van der Waals surface area contributed by atoms with Crippen molar-refractivity contribution in [2.45, 2.75) is 71.4 Å². The van der Waals surface area contributed by atoms with Gasteiger partial charge in [0.1, 0.15) is 0 Å². The molecule has 0 bridgehead atoms. The van der Waals surface area contributed by atoms with Crippen molar-refractivity contribution < 1.29 is 9.31 Å². The summed E-state index contributed by atoms with van der Waals surface area (Å²) in [5, 5.41) is 0. The van der Waals surface area contributed by atoms with E-state index in [9.17, 15) is 0 Å². The number of rotatable bonds is 4. The molecule has 3 heteroatoms. The van der Waals surface area contributed by atoms with Crippen molar-refractivity contribution in [3.8, 4) is 0 Å². The summed E-state index contributed by atoms with van der Waals surface area (Å²) >= 11 is 0. The maximum absolute atomic E-state index is 6.02. The SMILES string of the molecule is CCC1(CC)OB(C)OC1(CC)CC. The van der Waals surface area contributed by atoms with E-state index in [1.807, 2.05) is 6.82 Å². The van der Waals surface area contributed by atoms with Gasteiger partial charge in [-0.15, -0.1) is 0 Å². The van der Waals surface area contributed by atoms with Crippen LogP contribution in [0.2, 0.25) is 6.82 Å². The van der Waals surface area contributed by atoms with Crippen molar-refractivity contribution in [2.24, 2.45) is 0 Å². The minimum absolute atomic E-state index is 0.0465. The topological polar surface area (TPSA) is 18.5 Å². The summed E-state index contributed by atoms with van der Waals surface area (Å²) in [6, 6.07) is 0. The maximum atomic E-state index is 6.02. The van der Waals surface area contributed by atoms with E-state index in [1.54, 1.807) is 0 Å². The molecule has 0 N–H and O–H groups in total. The van der Waals surface area contributed by atoms with Gasteiger partial charge in [-0.3, -0.25) is 0 Å². The van der Waals surface area contributed by atoms with Crippen molar-refractivity contribution in [1.29, 1.82) is 0 Å². The highest BCUT2D eigenvalue weighted by atomic mass is 16.7. The van der Waals surface area contributed by atoms with Crippen LogP contribution in [0.25, 0.3) is 0 Å². The second-order valence-corrected chi connectivity index (χ2v) is 4.21. The smallest absolute Gasteiger partial charge is 0.403 e. The van der Waals surface area contributed by atoms with Crippen LogP contribution in [-0.4, -0.2) is 18.3 Å². The standard InChI is InChI=1S/C11H23BO2/c1-6-10(7-2)11(8-3,9-4)14-12(5)13-10/h6-9H2,1-5H3. The molecule has 1 heterocycles. The Bertz CT molecular complexity index is 166. The number of hydrogen-bond donors (Lipinski definition) is 0. The monoisotopic (exact) mass is 198 g/mol. The van der Waals surface area contributed by atoms with Gasteiger partial charge in [0.2, 0.25) is 0 Å². The lowest BCUT2D eigenvalue weighted by Crippen LogP contribution is -2.50. The molecule has 0 aromatic rings. The summed E-state index contributed by atoms with van der Waals surface area (Å²) in [6.45, 7) is 10.8. The molecule has 1 aliphatic rings. The van der Waals surface area contributed by atoms with Crippen molar-refractivity contribution in [1.82, 2.24) is 0 Å². The normalized spacial score (nSPS) is 24.2. The third-order valence-electron chi connectivity index (χ3n) is 3.90. The van der Waals surface area contributed by atoms with E-state index in [2.05, 4.69) is 27.7 Å². The van der Waals surface area contributed by atoms with E-state index in [0.717, 1.165) is 25.7 Å². The first-order valence-electron chi connectivity index (χ1n) is 5.95. The lowest BCUT2D eigenvalue weighted by Gasteiger charge is -2.42. The van der Waals surface area contributed by atoms with Gasteiger partial charge in [-0.2, -0.15) is 0 Å². The molecule has 0 aromatic carbocycles. The van der Waals surface area contributed by atoms with Gasteiger partial charge < -0.3 is 9.31 Å². The first-order chi connectivity index (χ1) is 6.59. The Kier molecular flexibility index (Phi) is 3.65. The highest BCUT2D eigenvalue weighted by molar-refractivity contribution is 6.43. The van der Waals surface area contributed by atoms with Gasteiger partial charge in [-0.1, -0.05) is 27.7 Å². The summed E-state index contributed by atoms with van der Waals surface area (Å²) in [5.41, 5.74) is -0.119. The zero-order valence-electron chi connectivity index (χ0n) is 10.2. The van der Waals surface area contributed by atoms with E-state index in [0.29, 0.717) is 0 Å². The van der Waals surface area contributed by atoms with Crippen molar-refractivity contribution in [3.05, 3.63) is 0 Å². The Labute approximate surface area is 88.5 Å². The Hall–Kier alpha value is -0.0151. The fourth-order valence-corrected chi connectivity index (χ4v) is 3.00. The molecule has 1 fully saturated rings. The highest BCUT2D eigenvalue weighted by Crippen LogP contribution is 2.46. The van der Waals surface area contributed by atoms with Crippen LogP contribution in [0.4, 0.5) is 0 Å². The summed E-state index contributed by atoms with van der Waals surface area (Å²) < 4.78 is 12.0. The quantitative estimate of drug-likeness (QED) is 0.645. The first-order valence-corrected chi connectivity index (χ1v) is 5.95.